The summed E-state index contributed by atoms with van der Waals surface area (Å²) in [5, 5.41) is 9.00. The maximum absolute atomic E-state index is 12.0. The number of hydrogen-bond acceptors (Lipinski definition) is 3. The molecule has 2 amide bonds. The highest BCUT2D eigenvalue weighted by Gasteiger charge is 2.35. The predicted octanol–water partition coefficient (Wildman–Crippen LogP) is 1.69. The Balaban J connectivity index is 2.47. The van der Waals surface area contributed by atoms with Crippen molar-refractivity contribution in [1.29, 1.82) is 0 Å². The van der Waals surface area contributed by atoms with Crippen LogP contribution in [0.2, 0.25) is 0 Å². The Labute approximate surface area is 106 Å². The molecule has 1 rings (SSSR count). The zero-order valence-corrected chi connectivity index (χ0v) is 11.2. The van der Waals surface area contributed by atoms with E-state index in [0.29, 0.717) is 18.2 Å². The summed E-state index contributed by atoms with van der Waals surface area (Å²) >= 11 is 1.49. The van der Waals surface area contributed by atoms with Gasteiger partial charge in [0.2, 0.25) is 0 Å². The molecule has 1 N–H and O–H groups in total. The van der Waals surface area contributed by atoms with E-state index in [9.17, 15) is 9.59 Å². The molecule has 1 saturated heterocycles. The average Bonchev–Trinajstić information content (AvgIpc) is 2.77. The number of hydrogen-bond donors (Lipinski definition) is 1. The number of carboxylic acid groups (broad SMARTS) is 1. The summed E-state index contributed by atoms with van der Waals surface area (Å²) in [6.07, 6.45) is 3.17. The molecule has 0 bridgehead atoms. The number of nitrogens with zero attached hydrogens (tertiary/aromatic N) is 2. The van der Waals surface area contributed by atoms with E-state index in [-0.39, 0.29) is 6.03 Å². The molecule has 0 aromatic carbocycles. The van der Waals surface area contributed by atoms with Crippen LogP contribution in [0.4, 0.5) is 4.79 Å². The molecule has 0 aromatic heterocycles. The number of thioether (sulfide) groups is 1. The number of carbonyl (C=O) groups is 2. The fraction of sp³-hybridized carbons (Fsp3) is 0.818. The maximum atomic E-state index is 12.0. The first-order valence-corrected chi connectivity index (χ1v) is 7.05. The summed E-state index contributed by atoms with van der Waals surface area (Å²) < 4.78 is 0. The van der Waals surface area contributed by atoms with Crippen LogP contribution in [0.25, 0.3) is 0 Å². The summed E-state index contributed by atoms with van der Waals surface area (Å²) in [4.78, 5) is 26.1. The zero-order valence-electron chi connectivity index (χ0n) is 10.4. The van der Waals surface area contributed by atoms with Crippen LogP contribution in [0.15, 0.2) is 0 Å². The maximum Gasteiger partial charge on any atom is 0.327 e. The lowest BCUT2D eigenvalue weighted by Gasteiger charge is -2.26. The highest BCUT2D eigenvalue weighted by molar-refractivity contribution is 7.99. The Hall–Kier alpha value is -0.910. The third-order valence-electron chi connectivity index (χ3n) is 2.84. The molecule has 0 radical (unpaired) electrons. The van der Waals surface area contributed by atoms with Crippen LogP contribution in [-0.2, 0) is 4.79 Å². The van der Waals surface area contributed by atoms with Crippen molar-refractivity contribution in [2.24, 2.45) is 0 Å². The highest BCUT2D eigenvalue weighted by Crippen LogP contribution is 2.22. The van der Waals surface area contributed by atoms with Gasteiger partial charge in [0.25, 0.3) is 0 Å². The highest BCUT2D eigenvalue weighted by atomic mass is 32.2. The molecule has 0 aliphatic carbocycles. The van der Waals surface area contributed by atoms with Gasteiger partial charge >= 0.3 is 12.0 Å². The molecule has 0 unspecified atom stereocenters. The van der Waals surface area contributed by atoms with Gasteiger partial charge in [-0.1, -0.05) is 19.8 Å². The van der Waals surface area contributed by atoms with Gasteiger partial charge in [-0.3, -0.25) is 0 Å². The van der Waals surface area contributed by atoms with Gasteiger partial charge in [0.15, 0.2) is 0 Å². The minimum absolute atomic E-state index is 0.168. The first kappa shape index (κ1) is 14.2. The van der Waals surface area contributed by atoms with E-state index < -0.39 is 12.0 Å². The lowest BCUT2D eigenvalue weighted by atomic mass is 10.2. The van der Waals surface area contributed by atoms with Crippen molar-refractivity contribution in [3.05, 3.63) is 0 Å². The molecule has 0 spiro atoms. The van der Waals surface area contributed by atoms with Gasteiger partial charge in [0.1, 0.15) is 6.04 Å². The van der Waals surface area contributed by atoms with Crippen molar-refractivity contribution < 1.29 is 14.7 Å². The van der Waals surface area contributed by atoms with Crippen molar-refractivity contribution in [1.82, 2.24) is 9.80 Å². The topological polar surface area (TPSA) is 60.9 Å². The number of carboxylic acids is 1. The van der Waals surface area contributed by atoms with Crippen LogP contribution in [0, 0.1) is 0 Å². The third-order valence-corrected chi connectivity index (χ3v) is 3.85. The second-order valence-electron chi connectivity index (χ2n) is 4.23. The average molecular weight is 260 g/mol. The summed E-state index contributed by atoms with van der Waals surface area (Å²) in [6.45, 7) is 2.81. The van der Waals surface area contributed by atoms with Gasteiger partial charge in [-0.05, 0) is 6.42 Å². The summed E-state index contributed by atoms with van der Waals surface area (Å²) in [7, 11) is 1.74. The Kier molecular flexibility index (Phi) is 5.61. The predicted molar refractivity (Wildman–Crippen MR) is 68.1 cm³/mol. The van der Waals surface area contributed by atoms with Crippen molar-refractivity contribution in [3.8, 4) is 0 Å². The second kappa shape index (κ2) is 6.74. The Morgan fingerprint density at radius 3 is 2.76 bits per heavy atom. The number of rotatable bonds is 5. The number of amides is 2. The van der Waals surface area contributed by atoms with Crippen molar-refractivity contribution in [2.75, 3.05) is 25.2 Å². The van der Waals surface area contributed by atoms with Crippen LogP contribution < -0.4 is 0 Å². The van der Waals surface area contributed by atoms with E-state index in [0.717, 1.165) is 19.3 Å². The molecule has 1 atom stereocenters. The first-order chi connectivity index (χ1) is 8.07. The van der Waals surface area contributed by atoms with E-state index in [1.54, 1.807) is 11.9 Å². The van der Waals surface area contributed by atoms with E-state index in [2.05, 4.69) is 6.92 Å². The molecule has 1 heterocycles. The van der Waals surface area contributed by atoms with Crippen LogP contribution >= 0.6 is 11.8 Å². The molecular weight excluding hydrogens is 240 g/mol. The van der Waals surface area contributed by atoms with Gasteiger partial charge in [-0.2, -0.15) is 0 Å². The first-order valence-electron chi connectivity index (χ1n) is 5.90. The molecule has 98 valence electrons. The van der Waals surface area contributed by atoms with E-state index in [4.69, 9.17) is 5.11 Å². The molecule has 6 heteroatoms. The fourth-order valence-corrected chi connectivity index (χ4v) is 2.89. The Bertz CT molecular complexity index is 286. The number of aliphatic carboxylic acids is 1. The quantitative estimate of drug-likeness (QED) is 0.764. The van der Waals surface area contributed by atoms with Crippen LogP contribution in [0.3, 0.4) is 0 Å². The van der Waals surface area contributed by atoms with E-state index in [1.165, 1.54) is 16.7 Å². The smallest absolute Gasteiger partial charge is 0.327 e. The molecule has 1 aliphatic heterocycles. The number of carbonyl (C=O) groups excluding carboxylic acids is 1. The minimum Gasteiger partial charge on any atom is -0.480 e. The lowest BCUT2D eigenvalue weighted by molar-refractivity contribution is -0.140. The van der Waals surface area contributed by atoms with Crippen molar-refractivity contribution in [3.63, 3.8) is 0 Å². The summed E-state index contributed by atoms with van der Waals surface area (Å²) in [5.41, 5.74) is 0. The standard InChI is InChI=1S/C11H20N2O3S/c1-3-4-5-6-12(2)11(16)13-8-17-7-9(13)10(14)15/h9H,3-8H2,1-2H3,(H,14,15)/t9-/m0/s1. The van der Waals surface area contributed by atoms with Crippen LogP contribution in [-0.4, -0.2) is 58.2 Å². The Morgan fingerprint density at radius 1 is 1.47 bits per heavy atom. The normalized spacial score (nSPS) is 19.4. The SMILES string of the molecule is CCCCCN(C)C(=O)N1CSC[C@H]1C(=O)O. The number of unbranched alkanes of at least 4 members (excludes halogenated alkanes) is 2. The largest absolute Gasteiger partial charge is 0.480 e. The lowest BCUT2D eigenvalue weighted by Crippen LogP contribution is -2.47. The number of urea groups is 1. The molecule has 1 aliphatic rings. The summed E-state index contributed by atoms with van der Waals surface area (Å²) in [5.74, 6) is 0.0583. The van der Waals surface area contributed by atoms with Crippen LogP contribution in [0.1, 0.15) is 26.2 Å². The van der Waals surface area contributed by atoms with Crippen LogP contribution in [0.5, 0.6) is 0 Å². The molecule has 1 fully saturated rings. The van der Waals surface area contributed by atoms with Gasteiger partial charge in [0.05, 0.1) is 5.88 Å². The molecule has 17 heavy (non-hydrogen) atoms. The van der Waals surface area contributed by atoms with Crippen molar-refractivity contribution >= 4 is 23.8 Å². The third kappa shape index (κ3) is 3.80. The van der Waals surface area contributed by atoms with Gasteiger partial charge in [-0.25, -0.2) is 9.59 Å². The molecule has 5 nitrogen and oxygen atoms in total. The van der Waals surface area contributed by atoms with E-state index in [1.807, 2.05) is 0 Å². The minimum atomic E-state index is -0.912. The molecular formula is C11H20N2O3S. The zero-order chi connectivity index (χ0) is 12.8. The summed E-state index contributed by atoms with van der Waals surface area (Å²) in [6, 6.07) is -0.834. The fourth-order valence-electron chi connectivity index (χ4n) is 1.75. The van der Waals surface area contributed by atoms with Gasteiger partial charge in [-0.15, -0.1) is 11.8 Å². The van der Waals surface area contributed by atoms with Gasteiger partial charge in [0, 0.05) is 19.3 Å². The van der Waals surface area contributed by atoms with E-state index >= 15 is 0 Å². The second-order valence-corrected chi connectivity index (χ2v) is 5.23. The monoisotopic (exact) mass is 260 g/mol. The van der Waals surface area contributed by atoms with Gasteiger partial charge < -0.3 is 14.9 Å². The Morgan fingerprint density at radius 2 is 2.18 bits per heavy atom. The molecule has 0 aromatic rings. The van der Waals surface area contributed by atoms with Crippen molar-refractivity contribution in [2.45, 2.75) is 32.2 Å². The molecule has 0 saturated carbocycles.